The maximum Gasteiger partial charge on any atom is 0.231 e. The summed E-state index contributed by atoms with van der Waals surface area (Å²) in [5.41, 5.74) is 7.95. The molecule has 0 aliphatic carbocycles. The van der Waals surface area contributed by atoms with Crippen molar-refractivity contribution in [2.24, 2.45) is 0 Å². The van der Waals surface area contributed by atoms with E-state index in [1.807, 2.05) is 19.1 Å². The van der Waals surface area contributed by atoms with Crippen LogP contribution in [-0.4, -0.2) is 19.5 Å². The highest BCUT2D eigenvalue weighted by Gasteiger charge is 2.13. The molecule has 2 aromatic heterocycles. The van der Waals surface area contributed by atoms with Crippen LogP contribution in [0.25, 0.3) is 16.9 Å². The third-order valence-corrected chi connectivity index (χ3v) is 4.06. The number of nitrogens with zero attached hydrogens (tertiary/aromatic N) is 4. The number of nitrogens with one attached hydrogen (secondary N) is 1. The minimum absolute atomic E-state index is 0.275. The van der Waals surface area contributed by atoms with Gasteiger partial charge in [0.15, 0.2) is 0 Å². The summed E-state index contributed by atoms with van der Waals surface area (Å²) in [6, 6.07) is 13.2. The van der Waals surface area contributed by atoms with Crippen LogP contribution < -0.4 is 11.1 Å². The van der Waals surface area contributed by atoms with E-state index in [4.69, 9.17) is 17.3 Å². The second-order valence-corrected chi connectivity index (χ2v) is 6.17. The molecule has 6 nitrogen and oxygen atoms in total. The monoisotopic (exact) mass is 368 g/mol. The zero-order chi connectivity index (χ0) is 18.3. The number of aryl methyl sites for hydroxylation is 1. The van der Waals surface area contributed by atoms with Crippen molar-refractivity contribution in [2.75, 3.05) is 11.1 Å². The summed E-state index contributed by atoms with van der Waals surface area (Å²) >= 11 is 6.00. The Morgan fingerprint density at radius 1 is 1.08 bits per heavy atom. The topological polar surface area (TPSA) is 81.7 Å². The van der Waals surface area contributed by atoms with Crippen LogP contribution in [0.3, 0.4) is 0 Å². The van der Waals surface area contributed by atoms with Crippen LogP contribution in [0.15, 0.2) is 48.5 Å². The molecule has 0 saturated carbocycles. The summed E-state index contributed by atoms with van der Waals surface area (Å²) in [6.45, 7) is 1.82. The molecule has 0 amide bonds. The van der Waals surface area contributed by atoms with E-state index in [-0.39, 0.29) is 11.6 Å². The third-order valence-electron chi connectivity index (χ3n) is 3.83. The lowest BCUT2D eigenvalue weighted by Crippen LogP contribution is -2.07. The predicted octanol–water partition coefficient (Wildman–Crippen LogP) is 4.24. The van der Waals surface area contributed by atoms with Crippen molar-refractivity contribution in [1.82, 2.24) is 19.5 Å². The van der Waals surface area contributed by atoms with E-state index in [1.165, 1.54) is 12.1 Å². The molecule has 0 unspecified atom stereocenters. The van der Waals surface area contributed by atoms with Gasteiger partial charge in [0.2, 0.25) is 5.95 Å². The molecule has 3 N–H and O–H groups in total. The molecule has 26 heavy (non-hydrogen) atoms. The van der Waals surface area contributed by atoms with Gasteiger partial charge in [0.25, 0.3) is 0 Å². The van der Waals surface area contributed by atoms with Crippen molar-refractivity contribution in [2.45, 2.75) is 6.92 Å². The van der Waals surface area contributed by atoms with Crippen molar-refractivity contribution in [3.8, 4) is 5.82 Å². The molecule has 0 aliphatic heterocycles. The van der Waals surface area contributed by atoms with E-state index in [0.717, 1.165) is 5.69 Å². The Kier molecular flexibility index (Phi) is 3.93. The molecule has 130 valence electrons. The van der Waals surface area contributed by atoms with Gasteiger partial charge in [-0.25, -0.2) is 9.37 Å². The first-order valence-electron chi connectivity index (χ1n) is 7.82. The molecular weight excluding hydrogens is 355 g/mol. The highest BCUT2D eigenvalue weighted by atomic mass is 35.5. The quantitative estimate of drug-likeness (QED) is 0.565. The SMILES string of the molecule is Cc1nc2ccc(F)cc2n1-c1cc(N)nc(Nc2cccc(Cl)c2)n1. The van der Waals surface area contributed by atoms with Gasteiger partial charge in [-0.2, -0.15) is 9.97 Å². The summed E-state index contributed by atoms with van der Waals surface area (Å²) in [6.07, 6.45) is 0. The van der Waals surface area contributed by atoms with Crippen molar-refractivity contribution in [3.05, 3.63) is 65.2 Å². The average Bonchev–Trinajstić information content (AvgIpc) is 2.89. The van der Waals surface area contributed by atoms with E-state index in [1.54, 1.807) is 28.8 Å². The molecule has 2 aromatic carbocycles. The van der Waals surface area contributed by atoms with Crippen LogP contribution in [0.2, 0.25) is 5.02 Å². The molecule has 0 bridgehead atoms. The maximum absolute atomic E-state index is 13.7. The smallest absolute Gasteiger partial charge is 0.231 e. The average molecular weight is 369 g/mol. The van der Waals surface area contributed by atoms with Gasteiger partial charge in [0.1, 0.15) is 23.3 Å². The predicted molar refractivity (Wildman–Crippen MR) is 101 cm³/mol. The Labute approximate surface area is 153 Å². The fraction of sp³-hybridized carbons (Fsp3) is 0.0556. The van der Waals surface area contributed by atoms with E-state index in [0.29, 0.717) is 33.6 Å². The molecule has 2 heterocycles. The van der Waals surface area contributed by atoms with E-state index >= 15 is 0 Å². The normalized spacial score (nSPS) is 11.0. The Balaban J connectivity index is 1.82. The van der Waals surface area contributed by atoms with Crippen LogP contribution in [0.1, 0.15) is 5.82 Å². The largest absolute Gasteiger partial charge is 0.383 e. The fourth-order valence-corrected chi connectivity index (χ4v) is 2.97. The van der Waals surface area contributed by atoms with E-state index < -0.39 is 0 Å². The number of aromatic nitrogens is 4. The van der Waals surface area contributed by atoms with E-state index in [9.17, 15) is 4.39 Å². The second kappa shape index (κ2) is 6.27. The van der Waals surface area contributed by atoms with Crippen molar-refractivity contribution in [3.63, 3.8) is 0 Å². The first-order valence-corrected chi connectivity index (χ1v) is 8.19. The molecule has 4 rings (SSSR count). The fourth-order valence-electron chi connectivity index (χ4n) is 2.78. The van der Waals surface area contributed by atoms with Crippen LogP contribution >= 0.6 is 11.6 Å². The molecule has 0 aliphatic rings. The van der Waals surface area contributed by atoms with Gasteiger partial charge < -0.3 is 11.1 Å². The van der Waals surface area contributed by atoms with Crippen LogP contribution in [0.4, 0.5) is 21.8 Å². The van der Waals surface area contributed by atoms with Crippen molar-refractivity contribution >= 4 is 40.1 Å². The van der Waals surface area contributed by atoms with Crippen molar-refractivity contribution in [1.29, 1.82) is 0 Å². The summed E-state index contributed by atoms with van der Waals surface area (Å²) in [5, 5.41) is 3.66. The highest BCUT2D eigenvalue weighted by molar-refractivity contribution is 6.30. The van der Waals surface area contributed by atoms with Gasteiger partial charge in [-0.15, -0.1) is 0 Å². The van der Waals surface area contributed by atoms with Gasteiger partial charge >= 0.3 is 0 Å². The number of anilines is 3. The van der Waals surface area contributed by atoms with Crippen LogP contribution in [-0.2, 0) is 0 Å². The summed E-state index contributed by atoms with van der Waals surface area (Å²) in [5.74, 6) is 1.39. The molecule has 0 atom stereocenters. The molecule has 4 aromatic rings. The Hall–Kier alpha value is -3.19. The Morgan fingerprint density at radius 2 is 1.92 bits per heavy atom. The Morgan fingerprint density at radius 3 is 2.73 bits per heavy atom. The number of imidazole rings is 1. The Bertz CT molecular complexity index is 1120. The standard InChI is InChI=1S/C18H14ClFN6/c1-10-22-14-6-5-12(20)8-15(14)26(10)17-9-16(21)24-18(25-17)23-13-4-2-3-11(19)7-13/h2-9H,1H3,(H3,21,23,24,25). The number of hydrogen-bond acceptors (Lipinski definition) is 5. The lowest BCUT2D eigenvalue weighted by atomic mass is 10.3. The van der Waals surface area contributed by atoms with Gasteiger partial charge in [0.05, 0.1) is 11.0 Å². The van der Waals surface area contributed by atoms with Gasteiger partial charge in [-0.3, -0.25) is 4.57 Å². The van der Waals surface area contributed by atoms with E-state index in [2.05, 4.69) is 20.3 Å². The lowest BCUT2D eigenvalue weighted by Gasteiger charge is -2.10. The number of halogens is 2. The van der Waals surface area contributed by atoms with Gasteiger partial charge in [-0.1, -0.05) is 17.7 Å². The highest BCUT2D eigenvalue weighted by Crippen LogP contribution is 2.24. The number of nitrogen functional groups attached to an aromatic ring is 1. The molecule has 8 heteroatoms. The number of nitrogens with two attached hydrogens (primary N) is 1. The zero-order valence-electron chi connectivity index (χ0n) is 13.7. The molecular formula is C18H14ClFN6. The zero-order valence-corrected chi connectivity index (χ0v) is 14.5. The van der Waals surface area contributed by atoms with Gasteiger partial charge in [0, 0.05) is 22.8 Å². The second-order valence-electron chi connectivity index (χ2n) is 5.74. The van der Waals surface area contributed by atoms with Crippen LogP contribution in [0, 0.1) is 12.7 Å². The summed E-state index contributed by atoms with van der Waals surface area (Å²) in [4.78, 5) is 13.1. The van der Waals surface area contributed by atoms with Gasteiger partial charge in [-0.05, 0) is 37.3 Å². The first kappa shape index (κ1) is 16.3. The minimum atomic E-state index is -0.349. The van der Waals surface area contributed by atoms with Crippen LogP contribution in [0.5, 0.6) is 0 Å². The number of rotatable bonds is 3. The summed E-state index contributed by atoms with van der Waals surface area (Å²) < 4.78 is 15.4. The first-order chi connectivity index (χ1) is 12.5. The molecule has 0 radical (unpaired) electrons. The number of hydrogen-bond donors (Lipinski definition) is 2. The van der Waals surface area contributed by atoms with Crippen molar-refractivity contribution < 1.29 is 4.39 Å². The molecule has 0 fully saturated rings. The summed E-state index contributed by atoms with van der Waals surface area (Å²) in [7, 11) is 0. The lowest BCUT2D eigenvalue weighted by molar-refractivity contribution is 0.629. The maximum atomic E-state index is 13.7. The minimum Gasteiger partial charge on any atom is -0.383 e. The third kappa shape index (κ3) is 3.04. The number of benzene rings is 2. The molecule has 0 saturated heterocycles. The number of fused-ring (bicyclic) bond motifs is 1. The molecule has 0 spiro atoms.